The number of rotatable bonds is 67. The summed E-state index contributed by atoms with van der Waals surface area (Å²) in [7, 11) is 1.29. The summed E-state index contributed by atoms with van der Waals surface area (Å²) in [5.74, 6) is -0.187. The predicted molar refractivity (Wildman–Crippen MR) is 344 cm³/mol. The van der Waals surface area contributed by atoms with Gasteiger partial charge in [0.05, 0.1) is 39.9 Å². The molecule has 0 spiro atoms. The highest BCUT2D eigenvalue weighted by atomic mass is 31.2. The number of phosphoric acid groups is 1. The first-order valence-electron chi connectivity index (χ1n) is 35.6. The molecule has 0 saturated carbocycles. The lowest BCUT2D eigenvalue weighted by atomic mass is 10.0. The fourth-order valence-corrected chi connectivity index (χ4v) is 11.9. The highest BCUT2D eigenvalue weighted by Gasteiger charge is 2.23. The minimum absolute atomic E-state index is 0.00303. The van der Waals surface area contributed by atoms with Crippen LogP contribution in [-0.4, -0.2) is 68.5 Å². The number of unbranched alkanes of at least 4 members (excludes halogenated alkanes) is 54. The number of amides is 1. The summed E-state index contributed by atoms with van der Waals surface area (Å²) in [6, 6.07) is -0.884. The lowest BCUT2D eigenvalue weighted by molar-refractivity contribution is -0.870. The lowest BCUT2D eigenvalue weighted by Gasteiger charge is -2.29. The van der Waals surface area contributed by atoms with Crippen LogP contribution in [0.1, 0.15) is 380 Å². The Morgan fingerprint density at radius 3 is 0.949 bits per heavy atom. The van der Waals surface area contributed by atoms with Gasteiger partial charge in [0.2, 0.25) is 5.91 Å². The SMILES string of the molecule is CCCCCCCCCCCCCCCCCCCCCCCCCCCCCCC/C=C/C(O)C(COP(=O)([O-])OCC[N+](C)(C)C)NC(=O)CCCCCCCCCCCCCCCCCCCCCCCCCCCC. The van der Waals surface area contributed by atoms with Crippen LogP contribution in [0.15, 0.2) is 12.2 Å². The Morgan fingerprint density at radius 2 is 0.684 bits per heavy atom. The van der Waals surface area contributed by atoms with Gasteiger partial charge in [-0.2, -0.15) is 0 Å². The molecule has 1 amide bonds. The van der Waals surface area contributed by atoms with Crippen molar-refractivity contribution in [2.75, 3.05) is 40.9 Å². The normalized spacial score (nSPS) is 13.7. The van der Waals surface area contributed by atoms with E-state index in [-0.39, 0.29) is 19.1 Å². The topological polar surface area (TPSA) is 108 Å². The average molecular weight is 1140 g/mol. The van der Waals surface area contributed by atoms with Crippen molar-refractivity contribution in [3.05, 3.63) is 12.2 Å². The number of phosphoric ester groups is 1. The molecule has 3 atom stereocenters. The van der Waals surface area contributed by atoms with Crippen molar-refractivity contribution in [1.29, 1.82) is 0 Å². The first kappa shape index (κ1) is 78.2. The predicted octanol–water partition coefficient (Wildman–Crippen LogP) is 21.9. The number of carbonyl (C=O) groups excluding carboxylic acids is 1. The summed E-state index contributed by atoms with van der Waals surface area (Å²) < 4.78 is 23.5. The maximum atomic E-state index is 13.0. The molecule has 0 bridgehead atoms. The molecule has 8 nitrogen and oxygen atoms in total. The monoisotopic (exact) mass is 1140 g/mol. The molecule has 79 heavy (non-hydrogen) atoms. The third-order valence-corrected chi connectivity index (χ3v) is 17.7. The molecule has 9 heteroatoms. The van der Waals surface area contributed by atoms with E-state index in [1.54, 1.807) is 6.08 Å². The smallest absolute Gasteiger partial charge is 0.268 e. The molecule has 2 N–H and O–H groups in total. The van der Waals surface area contributed by atoms with Gasteiger partial charge in [-0.15, -0.1) is 0 Å². The van der Waals surface area contributed by atoms with E-state index in [4.69, 9.17) is 9.05 Å². The third kappa shape index (κ3) is 64.7. The molecule has 0 saturated heterocycles. The minimum Gasteiger partial charge on any atom is -0.756 e. The van der Waals surface area contributed by atoms with Crippen LogP contribution in [0, 0.1) is 0 Å². The molecule has 0 fully saturated rings. The van der Waals surface area contributed by atoms with E-state index in [2.05, 4.69) is 19.2 Å². The second-order valence-electron chi connectivity index (χ2n) is 26.0. The molecule has 0 radical (unpaired) electrons. The molecule has 0 aromatic heterocycles. The number of hydrogen-bond donors (Lipinski definition) is 2. The number of quaternary nitrogens is 1. The molecule has 3 unspecified atom stereocenters. The van der Waals surface area contributed by atoms with Crippen molar-refractivity contribution in [2.24, 2.45) is 0 Å². The fraction of sp³-hybridized carbons (Fsp3) is 0.957. The second kappa shape index (κ2) is 61.8. The quantitative estimate of drug-likeness (QED) is 0.0272. The Bertz CT molecular complexity index is 1290. The van der Waals surface area contributed by atoms with Gasteiger partial charge in [-0.25, -0.2) is 0 Å². The molecule has 0 aliphatic rings. The van der Waals surface area contributed by atoms with Gasteiger partial charge < -0.3 is 28.8 Å². The van der Waals surface area contributed by atoms with E-state index < -0.39 is 20.0 Å². The van der Waals surface area contributed by atoms with Gasteiger partial charge in [-0.05, 0) is 19.3 Å². The molecule has 0 heterocycles. The van der Waals surface area contributed by atoms with Crippen LogP contribution in [0.25, 0.3) is 0 Å². The molecule has 0 aliphatic heterocycles. The summed E-state index contributed by atoms with van der Waals surface area (Å²) in [4.78, 5) is 25.6. The summed E-state index contributed by atoms with van der Waals surface area (Å²) in [5, 5.41) is 14.0. The Balaban J connectivity index is 4.02. The molecule has 0 rings (SSSR count). The van der Waals surface area contributed by atoms with Crippen molar-refractivity contribution in [3.63, 3.8) is 0 Å². The third-order valence-electron chi connectivity index (χ3n) is 16.7. The average Bonchev–Trinajstić information content (AvgIpc) is 3.42. The van der Waals surface area contributed by atoms with Gasteiger partial charge in [0.25, 0.3) is 7.82 Å². The number of hydrogen-bond acceptors (Lipinski definition) is 6. The van der Waals surface area contributed by atoms with Gasteiger partial charge in [0.1, 0.15) is 13.2 Å². The molecule has 472 valence electrons. The van der Waals surface area contributed by atoms with Crippen LogP contribution in [-0.2, 0) is 18.4 Å². The van der Waals surface area contributed by atoms with E-state index in [0.29, 0.717) is 17.4 Å². The van der Waals surface area contributed by atoms with E-state index in [9.17, 15) is 19.4 Å². The largest absolute Gasteiger partial charge is 0.756 e. The van der Waals surface area contributed by atoms with E-state index in [1.807, 2.05) is 27.2 Å². The zero-order valence-electron chi connectivity index (χ0n) is 54.1. The van der Waals surface area contributed by atoms with Crippen molar-refractivity contribution in [2.45, 2.75) is 392 Å². The number of aliphatic hydroxyl groups excluding tert-OH is 1. The first-order chi connectivity index (χ1) is 38.5. The Morgan fingerprint density at radius 1 is 0.430 bits per heavy atom. The van der Waals surface area contributed by atoms with Gasteiger partial charge in [-0.3, -0.25) is 9.36 Å². The van der Waals surface area contributed by atoms with Crippen LogP contribution in [0.5, 0.6) is 0 Å². The molecule has 0 aromatic carbocycles. The van der Waals surface area contributed by atoms with Crippen LogP contribution in [0.3, 0.4) is 0 Å². The molecular weight excluding hydrogens is 996 g/mol. The molecular formula is C70H141N2O6P. The van der Waals surface area contributed by atoms with Crippen LogP contribution < -0.4 is 10.2 Å². The number of carbonyl (C=O) groups is 1. The van der Waals surface area contributed by atoms with Gasteiger partial charge in [-0.1, -0.05) is 366 Å². The van der Waals surface area contributed by atoms with Crippen LogP contribution in [0.4, 0.5) is 0 Å². The fourth-order valence-electron chi connectivity index (χ4n) is 11.2. The van der Waals surface area contributed by atoms with Crippen molar-refractivity contribution in [3.8, 4) is 0 Å². The number of aliphatic hydroxyl groups is 1. The maximum absolute atomic E-state index is 13.0. The Hall–Kier alpha value is -0.760. The molecule has 0 aliphatic carbocycles. The van der Waals surface area contributed by atoms with E-state index in [1.165, 1.54) is 321 Å². The van der Waals surface area contributed by atoms with Crippen molar-refractivity contribution < 1.29 is 32.9 Å². The highest BCUT2D eigenvalue weighted by Crippen LogP contribution is 2.38. The van der Waals surface area contributed by atoms with Gasteiger partial charge in [0, 0.05) is 6.42 Å². The summed E-state index contributed by atoms with van der Waals surface area (Å²) >= 11 is 0. The summed E-state index contributed by atoms with van der Waals surface area (Å²) in [6.45, 7) is 4.73. The molecule has 0 aromatic rings. The zero-order valence-corrected chi connectivity index (χ0v) is 55.0. The lowest BCUT2D eigenvalue weighted by Crippen LogP contribution is -2.45. The second-order valence-corrected chi connectivity index (χ2v) is 27.4. The number of likely N-dealkylation sites (N-methyl/N-ethyl adjacent to an activating group) is 1. The van der Waals surface area contributed by atoms with E-state index >= 15 is 0 Å². The van der Waals surface area contributed by atoms with Crippen LogP contribution in [0.2, 0.25) is 0 Å². The van der Waals surface area contributed by atoms with Crippen molar-refractivity contribution in [1.82, 2.24) is 5.32 Å². The van der Waals surface area contributed by atoms with Crippen molar-refractivity contribution >= 4 is 13.7 Å². The van der Waals surface area contributed by atoms with Crippen LogP contribution >= 0.6 is 7.82 Å². The standard InChI is InChI=1S/C70H141N2O6P/c1-6-8-10-12-14-16-18-20-22-24-26-28-30-32-34-35-36-37-38-39-41-43-45-47-49-51-53-55-57-59-61-63-69(73)68(67-78-79(75,76)77-66-65-72(3,4)5)71-70(74)64-62-60-58-56-54-52-50-48-46-44-42-40-33-31-29-27-25-23-21-19-17-15-13-11-9-7-2/h61,63,68-69,73H,6-60,62,64-67H2,1-5H3,(H-,71,74,75,76)/b63-61+. The highest BCUT2D eigenvalue weighted by molar-refractivity contribution is 7.45. The first-order valence-corrected chi connectivity index (χ1v) is 37.0. The number of nitrogens with one attached hydrogen (secondary N) is 1. The Kier molecular flexibility index (Phi) is 61.2. The maximum Gasteiger partial charge on any atom is 0.268 e. The number of allylic oxidation sites excluding steroid dienone is 1. The minimum atomic E-state index is -4.60. The summed E-state index contributed by atoms with van der Waals surface area (Å²) in [6.07, 6.45) is 79.1. The summed E-state index contributed by atoms with van der Waals surface area (Å²) in [5.41, 5.74) is 0. The van der Waals surface area contributed by atoms with Gasteiger partial charge in [0.15, 0.2) is 0 Å². The number of nitrogens with zero attached hydrogens (tertiary/aromatic N) is 1. The zero-order chi connectivity index (χ0) is 57.7. The Labute approximate surface area is 494 Å². The van der Waals surface area contributed by atoms with E-state index in [0.717, 1.165) is 38.5 Å². The van der Waals surface area contributed by atoms with Gasteiger partial charge >= 0.3 is 0 Å².